The van der Waals surface area contributed by atoms with Crippen molar-refractivity contribution < 1.29 is 9.53 Å². The molecule has 1 saturated heterocycles. The molecule has 0 saturated carbocycles. The normalized spacial score (nSPS) is 19.7. The number of nitrogens with zero attached hydrogens (tertiary/aromatic N) is 3. The Morgan fingerprint density at radius 1 is 1.10 bits per heavy atom. The molecule has 2 N–H and O–H groups in total. The maximum atomic E-state index is 13.4. The van der Waals surface area contributed by atoms with Crippen LogP contribution >= 0.6 is 0 Å². The summed E-state index contributed by atoms with van der Waals surface area (Å²) in [5, 5.41) is 5.86. The van der Waals surface area contributed by atoms with Crippen molar-refractivity contribution in [3.63, 3.8) is 0 Å². The Bertz CT molecular complexity index is 1500. The molecule has 7 nitrogen and oxygen atoms in total. The minimum absolute atomic E-state index is 0.0307. The van der Waals surface area contributed by atoms with E-state index in [4.69, 9.17) is 9.72 Å². The zero-order valence-corrected chi connectivity index (χ0v) is 23.5. The molecule has 1 fully saturated rings. The van der Waals surface area contributed by atoms with Crippen molar-refractivity contribution in [3.8, 4) is 5.75 Å². The van der Waals surface area contributed by atoms with Gasteiger partial charge >= 0.3 is 0 Å². The number of likely N-dealkylation sites (N-methyl/N-ethyl adjacent to an activating group) is 1. The van der Waals surface area contributed by atoms with Crippen LogP contribution in [0.15, 0.2) is 48.5 Å². The largest absolute Gasteiger partial charge is 0.497 e. The second-order valence-corrected chi connectivity index (χ2v) is 12.1. The molecular weight excluding hydrogens is 486 g/mol. The summed E-state index contributed by atoms with van der Waals surface area (Å²) in [5.74, 6) is 0.952. The standard InChI is InChI=1S/C32H39N5O2/c1-32(2)18-26-30(27(19-32)34-28(38)20-37-15-13-36(3)14-16-37)29-23-7-5-6-8-24(23)35-31(29)25(33-26)17-21-9-11-22(39-4)12-10-21/h5-12,27,35H,13-20H2,1-4H3,(H,34,38). The average Bonchev–Trinajstić information content (AvgIpc) is 3.29. The van der Waals surface area contributed by atoms with Gasteiger partial charge < -0.3 is 19.9 Å². The number of rotatable bonds is 6. The number of methoxy groups -OCH3 is 1. The molecule has 204 valence electrons. The number of fused-ring (bicyclic) bond motifs is 5. The highest BCUT2D eigenvalue weighted by Gasteiger charge is 2.37. The number of hydrogen-bond acceptors (Lipinski definition) is 5. The lowest BCUT2D eigenvalue weighted by Crippen LogP contribution is -2.49. The smallest absolute Gasteiger partial charge is 0.234 e. The molecule has 1 aliphatic heterocycles. The molecule has 1 aliphatic carbocycles. The molecule has 39 heavy (non-hydrogen) atoms. The van der Waals surface area contributed by atoms with Gasteiger partial charge in [-0.05, 0) is 49.1 Å². The monoisotopic (exact) mass is 525 g/mol. The third kappa shape index (κ3) is 5.25. The number of pyridine rings is 1. The lowest BCUT2D eigenvalue weighted by atomic mass is 9.72. The summed E-state index contributed by atoms with van der Waals surface area (Å²) in [6.45, 7) is 8.89. The number of amides is 1. The van der Waals surface area contributed by atoms with E-state index in [0.29, 0.717) is 6.54 Å². The van der Waals surface area contributed by atoms with Crippen LogP contribution in [0.2, 0.25) is 0 Å². The second-order valence-electron chi connectivity index (χ2n) is 12.1. The van der Waals surface area contributed by atoms with E-state index in [1.165, 1.54) is 21.9 Å². The first kappa shape index (κ1) is 25.8. The minimum atomic E-state index is -0.0760. The SMILES string of the molecule is COc1ccc(Cc2nc3c(c4c2[nH]c2ccccc24)C(NC(=O)CN2CCN(C)CC2)CC(C)(C)C3)cc1. The van der Waals surface area contributed by atoms with E-state index in [0.717, 1.165) is 73.6 Å². The van der Waals surface area contributed by atoms with Gasteiger partial charge in [0.1, 0.15) is 5.75 Å². The van der Waals surface area contributed by atoms with E-state index in [-0.39, 0.29) is 17.4 Å². The summed E-state index contributed by atoms with van der Waals surface area (Å²) in [6.07, 6.45) is 2.50. The van der Waals surface area contributed by atoms with Gasteiger partial charge in [-0.25, -0.2) is 0 Å². The van der Waals surface area contributed by atoms with Gasteiger partial charge in [-0.2, -0.15) is 0 Å². The third-order valence-corrected chi connectivity index (χ3v) is 8.42. The van der Waals surface area contributed by atoms with E-state index < -0.39 is 0 Å². The van der Waals surface area contributed by atoms with Crippen LogP contribution in [0.25, 0.3) is 21.8 Å². The summed E-state index contributed by atoms with van der Waals surface area (Å²) in [5.41, 5.74) is 6.74. The van der Waals surface area contributed by atoms with Gasteiger partial charge in [-0.3, -0.25) is 14.7 Å². The van der Waals surface area contributed by atoms with E-state index in [9.17, 15) is 4.79 Å². The zero-order chi connectivity index (χ0) is 27.1. The molecule has 1 unspecified atom stereocenters. The Morgan fingerprint density at radius 3 is 2.59 bits per heavy atom. The Morgan fingerprint density at radius 2 is 1.85 bits per heavy atom. The topological polar surface area (TPSA) is 73.5 Å². The molecule has 0 bridgehead atoms. The maximum absolute atomic E-state index is 13.4. The number of aromatic amines is 1. The van der Waals surface area contributed by atoms with Crippen molar-refractivity contribution in [2.24, 2.45) is 5.41 Å². The van der Waals surface area contributed by atoms with Crippen LogP contribution in [0.4, 0.5) is 0 Å². The number of H-pyrrole nitrogens is 1. The molecule has 6 rings (SSSR count). The minimum Gasteiger partial charge on any atom is -0.497 e. The number of piperazine rings is 1. The third-order valence-electron chi connectivity index (χ3n) is 8.42. The van der Waals surface area contributed by atoms with Crippen molar-refractivity contribution >= 4 is 27.7 Å². The molecule has 1 atom stereocenters. The second kappa shape index (κ2) is 10.3. The first-order valence-electron chi connectivity index (χ1n) is 14.0. The molecule has 0 radical (unpaired) electrons. The van der Waals surface area contributed by atoms with Crippen molar-refractivity contribution in [1.29, 1.82) is 0 Å². The number of carbonyl (C=O) groups excluding carboxylic acids is 1. The molecule has 7 heteroatoms. The molecule has 2 aromatic carbocycles. The Kier molecular flexibility index (Phi) is 6.81. The highest BCUT2D eigenvalue weighted by molar-refractivity contribution is 6.10. The lowest BCUT2D eigenvalue weighted by Gasteiger charge is -2.38. The van der Waals surface area contributed by atoms with Crippen LogP contribution < -0.4 is 10.1 Å². The first-order chi connectivity index (χ1) is 18.8. The fourth-order valence-corrected chi connectivity index (χ4v) is 6.39. The van der Waals surface area contributed by atoms with Gasteiger partial charge in [0.2, 0.25) is 5.91 Å². The summed E-state index contributed by atoms with van der Waals surface area (Å²) >= 11 is 0. The van der Waals surface area contributed by atoms with Crippen LogP contribution in [0.5, 0.6) is 5.75 Å². The number of nitrogens with one attached hydrogen (secondary N) is 2. The quantitative estimate of drug-likeness (QED) is 0.382. The van der Waals surface area contributed by atoms with Crippen LogP contribution in [-0.4, -0.2) is 72.6 Å². The van der Waals surface area contributed by atoms with Crippen molar-refractivity contribution in [1.82, 2.24) is 25.1 Å². The molecular formula is C32H39N5O2. The van der Waals surface area contributed by atoms with E-state index >= 15 is 0 Å². The fourth-order valence-electron chi connectivity index (χ4n) is 6.39. The molecule has 2 aromatic heterocycles. The Labute approximate surface area is 230 Å². The van der Waals surface area contributed by atoms with Gasteiger partial charge in [0.15, 0.2) is 0 Å². The van der Waals surface area contributed by atoms with Crippen LogP contribution in [0, 0.1) is 5.41 Å². The zero-order valence-electron chi connectivity index (χ0n) is 23.5. The summed E-state index contributed by atoms with van der Waals surface area (Å²) in [7, 11) is 3.83. The molecule has 1 amide bonds. The number of ether oxygens (including phenoxy) is 1. The van der Waals surface area contributed by atoms with Gasteiger partial charge in [-0.1, -0.05) is 44.2 Å². The van der Waals surface area contributed by atoms with Crippen molar-refractivity contribution in [3.05, 3.63) is 71.0 Å². The lowest BCUT2D eigenvalue weighted by molar-refractivity contribution is -0.123. The van der Waals surface area contributed by atoms with Gasteiger partial charge in [-0.15, -0.1) is 0 Å². The van der Waals surface area contributed by atoms with Crippen LogP contribution in [0.1, 0.15) is 48.8 Å². The molecule has 3 heterocycles. The highest BCUT2D eigenvalue weighted by atomic mass is 16.5. The fraction of sp³-hybridized carbons (Fsp3) is 0.438. The number of hydrogen-bond donors (Lipinski definition) is 2. The first-order valence-corrected chi connectivity index (χ1v) is 14.0. The highest BCUT2D eigenvalue weighted by Crippen LogP contribution is 2.45. The van der Waals surface area contributed by atoms with E-state index in [2.05, 4.69) is 77.4 Å². The van der Waals surface area contributed by atoms with Crippen LogP contribution in [-0.2, 0) is 17.6 Å². The number of aromatic nitrogens is 2. The average molecular weight is 526 g/mol. The maximum Gasteiger partial charge on any atom is 0.234 e. The number of benzene rings is 2. The van der Waals surface area contributed by atoms with E-state index in [1.54, 1.807) is 7.11 Å². The van der Waals surface area contributed by atoms with E-state index in [1.807, 2.05) is 12.1 Å². The van der Waals surface area contributed by atoms with Crippen LogP contribution in [0.3, 0.4) is 0 Å². The number of para-hydroxylation sites is 1. The predicted molar refractivity (Wildman–Crippen MR) is 156 cm³/mol. The van der Waals surface area contributed by atoms with Crippen molar-refractivity contribution in [2.75, 3.05) is 46.9 Å². The predicted octanol–water partition coefficient (Wildman–Crippen LogP) is 4.69. The number of carbonyl (C=O) groups is 1. The Balaban J connectivity index is 1.41. The van der Waals surface area contributed by atoms with Gasteiger partial charge in [0.25, 0.3) is 0 Å². The van der Waals surface area contributed by atoms with Gasteiger partial charge in [0.05, 0.1) is 30.9 Å². The molecule has 4 aromatic rings. The molecule has 2 aliphatic rings. The summed E-state index contributed by atoms with van der Waals surface area (Å²) < 4.78 is 5.36. The van der Waals surface area contributed by atoms with Crippen molar-refractivity contribution in [2.45, 2.75) is 39.2 Å². The summed E-state index contributed by atoms with van der Waals surface area (Å²) in [6, 6.07) is 16.6. The van der Waals surface area contributed by atoms with Gasteiger partial charge in [0, 0.05) is 60.1 Å². The molecule has 0 spiro atoms. The Hall–Kier alpha value is -3.42. The summed E-state index contributed by atoms with van der Waals surface area (Å²) in [4.78, 5) is 27.0.